The molecule has 19 heteroatoms. The minimum absolute atomic E-state index is 0.104. The number of esters is 4. The molecular formula is C77H150O17P2. The molecule has 570 valence electrons. The quantitative estimate of drug-likeness (QED) is 0.0222. The normalized spacial score (nSPS) is 14.1. The van der Waals surface area contributed by atoms with E-state index >= 15 is 0 Å². The third kappa shape index (κ3) is 70.5. The second kappa shape index (κ2) is 67.5. The summed E-state index contributed by atoms with van der Waals surface area (Å²) >= 11 is 0. The second-order valence-electron chi connectivity index (χ2n) is 29.2. The van der Waals surface area contributed by atoms with E-state index in [0.29, 0.717) is 31.6 Å². The Hall–Kier alpha value is -1.94. The van der Waals surface area contributed by atoms with Crippen LogP contribution in [0.5, 0.6) is 0 Å². The number of phosphoric acid groups is 2. The molecule has 0 aliphatic rings. The molecule has 2 unspecified atom stereocenters. The van der Waals surface area contributed by atoms with Crippen LogP contribution in [0.25, 0.3) is 0 Å². The van der Waals surface area contributed by atoms with Crippen molar-refractivity contribution in [1.29, 1.82) is 0 Å². The van der Waals surface area contributed by atoms with Gasteiger partial charge in [0, 0.05) is 25.7 Å². The summed E-state index contributed by atoms with van der Waals surface area (Å²) in [4.78, 5) is 72.8. The van der Waals surface area contributed by atoms with Crippen molar-refractivity contribution in [1.82, 2.24) is 0 Å². The number of aliphatic hydroxyl groups excluding tert-OH is 1. The van der Waals surface area contributed by atoms with Gasteiger partial charge in [-0.25, -0.2) is 9.13 Å². The van der Waals surface area contributed by atoms with Gasteiger partial charge < -0.3 is 33.8 Å². The number of phosphoric ester groups is 2. The lowest BCUT2D eigenvalue weighted by molar-refractivity contribution is -0.161. The minimum Gasteiger partial charge on any atom is -0.462 e. The van der Waals surface area contributed by atoms with Crippen molar-refractivity contribution in [3.63, 3.8) is 0 Å². The molecular weight excluding hydrogens is 1260 g/mol. The maximum absolute atomic E-state index is 13.1. The maximum Gasteiger partial charge on any atom is 0.472 e. The average molecular weight is 1410 g/mol. The molecule has 0 heterocycles. The van der Waals surface area contributed by atoms with Crippen molar-refractivity contribution < 1.29 is 80.2 Å². The van der Waals surface area contributed by atoms with Crippen molar-refractivity contribution in [3.05, 3.63) is 0 Å². The Kier molecular flexibility index (Phi) is 66.2. The Morgan fingerprint density at radius 2 is 0.479 bits per heavy atom. The molecule has 0 aromatic rings. The molecule has 0 radical (unpaired) electrons. The Bertz CT molecular complexity index is 1870. The molecule has 0 saturated heterocycles. The molecule has 3 N–H and O–H groups in total. The van der Waals surface area contributed by atoms with Gasteiger partial charge in [-0.05, 0) is 43.4 Å². The Morgan fingerprint density at radius 1 is 0.281 bits per heavy atom. The van der Waals surface area contributed by atoms with Crippen molar-refractivity contribution in [2.45, 2.75) is 414 Å². The van der Waals surface area contributed by atoms with Crippen LogP contribution in [0.3, 0.4) is 0 Å². The Morgan fingerprint density at radius 3 is 0.708 bits per heavy atom. The molecule has 0 aliphatic carbocycles. The summed E-state index contributed by atoms with van der Waals surface area (Å²) in [7, 11) is -9.91. The number of hydrogen-bond acceptors (Lipinski definition) is 15. The molecule has 0 aromatic heterocycles. The van der Waals surface area contributed by atoms with E-state index in [1.165, 1.54) is 205 Å². The van der Waals surface area contributed by atoms with Crippen LogP contribution in [0, 0.1) is 17.8 Å². The molecule has 0 aromatic carbocycles. The fourth-order valence-electron chi connectivity index (χ4n) is 11.8. The fourth-order valence-corrected chi connectivity index (χ4v) is 13.4. The van der Waals surface area contributed by atoms with Crippen molar-refractivity contribution in [2.24, 2.45) is 17.8 Å². The Labute approximate surface area is 588 Å². The number of unbranched alkanes of at least 4 members (excludes halogenated alkanes) is 43. The zero-order valence-corrected chi connectivity index (χ0v) is 64.6. The summed E-state index contributed by atoms with van der Waals surface area (Å²) in [6.45, 7) is 11.9. The number of carbonyl (C=O) groups excluding carboxylic acids is 4. The van der Waals surface area contributed by atoms with Gasteiger partial charge in [0.2, 0.25) is 0 Å². The van der Waals surface area contributed by atoms with E-state index in [-0.39, 0.29) is 25.7 Å². The van der Waals surface area contributed by atoms with Gasteiger partial charge in [0.05, 0.1) is 26.4 Å². The lowest BCUT2D eigenvalue weighted by atomic mass is 10.0. The first-order chi connectivity index (χ1) is 46.2. The zero-order valence-electron chi connectivity index (χ0n) is 62.8. The van der Waals surface area contributed by atoms with Gasteiger partial charge in [-0.3, -0.25) is 37.3 Å². The third-order valence-corrected chi connectivity index (χ3v) is 19.8. The highest BCUT2D eigenvalue weighted by atomic mass is 31.2. The van der Waals surface area contributed by atoms with E-state index in [2.05, 4.69) is 48.5 Å². The summed E-state index contributed by atoms with van der Waals surface area (Å²) < 4.78 is 68.5. The molecule has 0 rings (SSSR count). The number of rotatable bonds is 75. The fraction of sp³-hybridized carbons (Fsp3) is 0.948. The predicted octanol–water partition coefficient (Wildman–Crippen LogP) is 22.6. The first-order valence-electron chi connectivity index (χ1n) is 39.8. The maximum atomic E-state index is 13.1. The van der Waals surface area contributed by atoms with Gasteiger partial charge in [-0.1, -0.05) is 344 Å². The number of hydrogen-bond donors (Lipinski definition) is 3. The van der Waals surface area contributed by atoms with Crippen LogP contribution < -0.4 is 0 Å². The molecule has 0 spiro atoms. The largest absolute Gasteiger partial charge is 0.472 e. The van der Waals surface area contributed by atoms with Gasteiger partial charge in [0.15, 0.2) is 12.2 Å². The first-order valence-corrected chi connectivity index (χ1v) is 42.8. The highest BCUT2D eigenvalue weighted by Gasteiger charge is 2.30. The monoisotopic (exact) mass is 1410 g/mol. The van der Waals surface area contributed by atoms with Crippen LogP contribution in [0.2, 0.25) is 0 Å². The van der Waals surface area contributed by atoms with E-state index in [1.54, 1.807) is 0 Å². The van der Waals surface area contributed by atoms with Crippen LogP contribution in [0.4, 0.5) is 0 Å². The molecule has 17 nitrogen and oxygen atoms in total. The third-order valence-electron chi connectivity index (χ3n) is 17.9. The molecule has 0 aliphatic heterocycles. The summed E-state index contributed by atoms with van der Waals surface area (Å²) in [5.74, 6) is 0.186. The molecule has 96 heavy (non-hydrogen) atoms. The van der Waals surface area contributed by atoms with Crippen LogP contribution in [-0.4, -0.2) is 96.7 Å². The van der Waals surface area contributed by atoms with Gasteiger partial charge in [0.25, 0.3) is 0 Å². The number of aliphatic hydroxyl groups is 1. The molecule has 0 amide bonds. The van der Waals surface area contributed by atoms with E-state index in [1.807, 2.05) is 0 Å². The smallest absolute Gasteiger partial charge is 0.462 e. The number of ether oxygens (including phenoxy) is 4. The summed E-state index contributed by atoms with van der Waals surface area (Å²) in [5.41, 5.74) is 0. The molecule has 0 saturated carbocycles. The van der Waals surface area contributed by atoms with E-state index in [4.69, 9.17) is 37.0 Å². The van der Waals surface area contributed by atoms with Crippen LogP contribution in [0.1, 0.15) is 395 Å². The SMILES string of the molecule is CCCCCCCCCCCCC(=O)OC[C@H](COP(=O)(O)OC[C@H](O)COP(=O)(O)OC[C@@H](COC(=O)CCCCCCCCCCCCCCCCC(C)C)OC(=O)CCCCCCCCCCCCCCCCCCC(C)C)OC(=O)CCCCCCCCCC(C)C. The van der Waals surface area contributed by atoms with E-state index in [0.717, 1.165) is 102 Å². The summed E-state index contributed by atoms with van der Waals surface area (Å²) in [6.07, 6.45) is 54.2. The topological polar surface area (TPSA) is 237 Å². The van der Waals surface area contributed by atoms with Crippen molar-refractivity contribution in [3.8, 4) is 0 Å². The lowest BCUT2D eigenvalue weighted by Crippen LogP contribution is -2.30. The van der Waals surface area contributed by atoms with E-state index < -0.39 is 97.5 Å². The standard InChI is InChI=1S/C77H150O17P2/c1-8-9-10-11-12-13-30-37-44-51-58-74(79)87-65-73(94-77(82)61-54-47-40-33-36-43-50-57-70(6)7)67-92-96(85,86)90-63-71(78)62-89-95(83,84)91-66-72(64-88-75(80)59-52-45-38-31-26-22-19-18-21-25-29-35-42-49-56-69(4)5)93-76(81)60-53-46-39-32-27-23-17-15-14-16-20-24-28-34-41-48-55-68(2)3/h68-73,78H,8-67H2,1-7H3,(H,83,84)(H,85,86)/t71-,72-,73-/m1/s1. The van der Waals surface area contributed by atoms with Gasteiger partial charge in [-0.15, -0.1) is 0 Å². The summed E-state index contributed by atoms with van der Waals surface area (Å²) in [6, 6.07) is 0. The Balaban J connectivity index is 5.21. The van der Waals surface area contributed by atoms with E-state index in [9.17, 15) is 43.2 Å². The van der Waals surface area contributed by atoms with Gasteiger partial charge in [0.1, 0.15) is 19.3 Å². The molecule has 0 fully saturated rings. The minimum atomic E-state index is -4.96. The van der Waals surface area contributed by atoms with Crippen LogP contribution in [0.15, 0.2) is 0 Å². The van der Waals surface area contributed by atoms with Crippen LogP contribution in [-0.2, 0) is 65.4 Å². The second-order valence-corrected chi connectivity index (χ2v) is 32.1. The van der Waals surface area contributed by atoms with Crippen molar-refractivity contribution in [2.75, 3.05) is 39.6 Å². The average Bonchev–Trinajstić information content (AvgIpc) is 1.31. The first kappa shape index (κ1) is 94.1. The lowest BCUT2D eigenvalue weighted by Gasteiger charge is -2.21. The van der Waals surface area contributed by atoms with Gasteiger partial charge >= 0.3 is 39.5 Å². The zero-order chi connectivity index (χ0) is 70.9. The highest BCUT2D eigenvalue weighted by molar-refractivity contribution is 7.47. The highest BCUT2D eigenvalue weighted by Crippen LogP contribution is 2.45. The van der Waals surface area contributed by atoms with Crippen LogP contribution >= 0.6 is 15.6 Å². The van der Waals surface area contributed by atoms with Crippen molar-refractivity contribution >= 4 is 39.5 Å². The summed E-state index contributed by atoms with van der Waals surface area (Å²) in [5, 5.41) is 10.6. The number of carbonyl (C=O) groups is 4. The predicted molar refractivity (Wildman–Crippen MR) is 391 cm³/mol. The molecule has 0 bridgehead atoms. The molecule has 5 atom stereocenters. The van der Waals surface area contributed by atoms with Gasteiger partial charge in [-0.2, -0.15) is 0 Å².